The highest BCUT2D eigenvalue weighted by Crippen LogP contribution is 2.23. The van der Waals surface area contributed by atoms with Gasteiger partial charge in [0.1, 0.15) is 17.7 Å². The van der Waals surface area contributed by atoms with Crippen molar-refractivity contribution in [2.45, 2.75) is 19.9 Å². The van der Waals surface area contributed by atoms with Crippen LogP contribution in [0.2, 0.25) is 0 Å². The van der Waals surface area contributed by atoms with E-state index in [2.05, 4.69) is 33.1 Å². The molecule has 5 nitrogen and oxygen atoms in total. The molecule has 0 fully saturated rings. The first-order valence-corrected chi connectivity index (χ1v) is 10.4. The number of carbonyl (C=O) groups excluding carboxylic acids is 1. The molecule has 4 aromatic rings. The highest BCUT2D eigenvalue weighted by Gasteiger charge is 2.20. The Kier molecular flexibility index (Phi) is 6.03. The van der Waals surface area contributed by atoms with Crippen molar-refractivity contribution in [3.8, 4) is 5.69 Å². The number of hydrogen-bond donors (Lipinski definition) is 1. The topological polar surface area (TPSA) is 51.9 Å². The van der Waals surface area contributed by atoms with Crippen LogP contribution in [0.5, 0.6) is 0 Å². The molecule has 2 heterocycles. The van der Waals surface area contributed by atoms with Gasteiger partial charge in [-0.2, -0.15) is 0 Å². The van der Waals surface area contributed by atoms with Crippen LogP contribution in [0.25, 0.3) is 11.8 Å². The van der Waals surface area contributed by atoms with Crippen LogP contribution >= 0.6 is 0 Å². The highest BCUT2D eigenvalue weighted by molar-refractivity contribution is 5.92. The van der Waals surface area contributed by atoms with Gasteiger partial charge in [0.2, 0.25) is 5.91 Å². The van der Waals surface area contributed by atoms with Crippen LogP contribution in [0.3, 0.4) is 0 Å². The number of imidazole rings is 1. The summed E-state index contributed by atoms with van der Waals surface area (Å²) in [6.07, 6.45) is 6.83. The van der Waals surface area contributed by atoms with Gasteiger partial charge in [-0.3, -0.25) is 4.79 Å². The number of nitrogens with one attached hydrogen (secondary N) is 1. The van der Waals surface area contributed by atoms with Gasteiger partial charge < -0.3 is 14.5 Å². The molecule has 1 amide bonds. The van der Waals surface area contributed by atoms with Gasteiger partial charge in [0, 0.05) is 42.6 Å². The number of amides is 1. The quantitative estimate of drug-likeness (QED) is 0.445. The molecular weight excluding hydrogens is 403 g/mol. The van der Waals surface area contributed by atoms with E-state index in [-0.39, 0.29) is 11.7 Å². The minimum atomic E-state index is -0.496. The van der Waals surface area contributed by atoms with E-state index < -0.39 is 6.04 Å². The summed E-state index contributed by atoms with van der Waals surface area (Å²) in [5.74, 6) is 0.0831. The van der Waals surface area contributed by atoms with Crippen molar-refractivity contribution in [2.24, 2.45) is 7.05 Å². The zero-order valence-electron chi connectivity index (χ0n) is 18.3. The molecule has 0 aliphatic heterocycles. The summed E-state index contributed by atoms with van der Waals surface area (Å²) >= 11 is 0. The second kappa shape index (κ2) is 9.06. The first-order chi connectivity index (χ1) is 15.4. The molecule has 0 aliphatic rings. The summed E-state index contributed by atoms with van der Waals surface area (Å²) in [5.41, 5.74) is 4.95. The molecule has 0 spiro atoms. The molecule has 1 N–H and O–H groups in total. The van der Waals surface area contributed by atoms with Crippen LogP contribution in [-0.4, -0.2) is 20.0 Å². The van der Waals surface area contributed by atoms with Gasteiger partial charge in [0.25, 0.3) is 0 Å². The Morgan fingerprint density at radius 2 is 1.81 bits per heavy atom. The van der Waals surface area contributed by atoms with Crippen molar-refractivity contribution < 1.29 is 9.18 Å². The minimum Gasteiger partial charge on any atom is -0.339 e. The fourth-order valence-electron chi connectivity index (χ4n) is 3.89. The summed E-state index contributed by atoms with van der Waals surface area (Å²) in [4.78, 5) is 17.2. The predicted octanol–water partition coefficient (Wildman–Crippen LogP) is 4.89. The van der Waals surface area contributed by atoms with Crippen molar-refractivity contribution in [1.29, 1.82) is 0 Å². The minimum absolute atomic E-state index is 0.258. The number of aromatic nitrogens is 3. The third-order valence-electron chi connectivity index (χ3n) is 5.51. The Labute approximate surface area is 186 Å². The van der Waals surface area contributed by atoms with Crippen LogP contribution in [0.1, 0.15) is 34.4 Å². The lowest BCUT2D eigenvalue weighted by Gasteiger charge is -2.18. The summed E-state index contributed by atoms with van der Waals surface area (Å²) < 4.78 is 17.4. The van der Waals surface area contributed by atoms with Crippen molar-refractivity contribution >= 4 is 12.0 Å². The van der Waals surface area contributed by atoms with Crippen LogP contribution in [0, 0.1) is 19.7 Å². The smallest absolute Gasteiger partial charge is 0.244 e. The maximum absolute atomic E-state index is 13.4. The maximum Gasteiger partial charge on any atom is 0.244 e. The van der Waals surface area contributed by atoms with Crippen LogP contribution in [0.4, 0.5) is 4.39 Å². The van der Waals surface area contributed by atoms with Gasteiger partial charge in [-0.05, 0) is 61.4 Å². The SMILES string of the molecule is Cc1cc(/C=C/C(=O)NC(c2ccc(F)cc2)c2nccn2C)c(C)n1-c1ccccc1. The molecule has 32 heavy (non-hydrogen) atoms. The van der Waals surface area contributed by atoms with Crippen LogP contribution in [0.15, 0.2) is 79.1 Å². The monoisotopic (exact) mass is 428 g/mol. The van der Waals surface area contributed by atoms with E-state index >= 15 is 0 Å². The van der Waals surface area contributed by atoms with Gasteiger partial charge in [-0.1, -0.05) is 30.3 Å². The van der Waals surface area contributed by atoms with E-state index in [1.165, 1.54) is 18.2 Å². The molecular formula is C26H25FN4O. The first kappa shape index (κ1) is 21.3. The number of halogens is 1. The summed E-state index contributed by atoms with van der Waals surface area (Å²) in [6.45, 7) is 4.08. The summed E-state index contributed by atoms with van der Waals surface area (Å²) in [6, 6.07) is 17.7. The lowest BCUT2D eigenvalue weighted by atomic mass is 10.1. The molecule has 2 aromatic heterocycles. The molecule has 4 rings (SSSR count). The number of carbonyl (C=O) groups is 1. The fourth-order valence-corrected chi connectivity index (χ4v) is 3.89. The number of para-hydroxylation sites is 1. The lowest BCUT2D eigenvalue weighted by Crippen LogP contribution is -2.29. The third kappa shape index (κ3) is 4.39. The molecule has 0 saturated heterocycles. The van der Waals surface area contributed by atoms with Crippen molar-refractivity contribution in [2.75, 3.05) is 0 Å². The third-order valence-corrected chi connectivity index (χ3v) is 5.51. The lowest BCUT2D eigenvalue weighted by molar-refractivity contribution is -0.117. The van der Waals surface area contributed by atoms with E-state index in [1.807, 2.05) is 55.9 Å². The number of benzene rings is 2. The fraction of sp³-hybridized carbons (Fsp3) is 0.154. The van der Waals surface area contributed by atoms with Crippen LogP contribution in [-0.2, 0) is 11.8 Å². The van der Waals surface area contributed by atoms with Gasteiger partial charge >= 0.3 is 0 Å². The zero-order chi connectivity index (χ0) is 22.7. The second-order valence-electron chi connectivity index (χ2n) is 7.72. The Morgan fingerprint density at radius 1 is 1.09 bits per heavy atom. The average molecular weight is 429 g/mol. The largest absolute Gasteiger partial charge is 0.339 e. The Balaban J connectivity index is 1.58. The van der Waals surface area contributed by atoms with Crippen LogP contribution < -0.4 is 5.32 Å². The Bertz CT molecular complexity index is 1250. The first-order valence-electron chi connectivity index (χ1n) is 10.4. The highest BCUT2D eigenvalue weighted by atomic mass is 19.1. The molecule has 6 heteroatoms. The van der Waals surface area contributed by atoms with E-state index in [0.29, 0.717) is 5.82 Å². The average Bonchev–Trinajstić information content (AvgIpc) is 3.34. The van der Waals surface area contributed by atoms with Gasteiger partial charge in [0.05, 0.1) is 0 Å². The maximum atomic E-state index is 13.4. The van der Waals surface area contributed by atoms with Gasteiger partial charge in [-0.15, -0.1) is 0 Å². The van der Waals surface area contributed by atoms with E-state index in [9.17, 15) is 9.18 Å². The van der Waals surface area contributed by atoms with Gasteiger partial charge in [-0.25, -0.2) is 9.37 Å². The Morgan fingerprint density at radius 3 is 2.47 bits per heavy atom. The van der Waals surface area contributed by atoms with Crippen molar-refractivity contribution in [3.63, 3.8) is 0 Å². The Hall–Kier alpha value is -3.93. The predicted molar refractivity (Wildman–Crippen MR) is 124 cm³/mol. The summed E-state index contributed by atoms with van der Waals surface area (Å²) in [7, 11) is 1.86. The molecule has 162 valence electrons. The van der Waals surface area contributed by atoms with Crippen molar-refractivity contribution in [3.05, 3.63) is 113 Å². The second-order valence-corrected chi connectivity index (χ2v) is 7.72. The number of nitrogens with zero attached hydrogens (tertiary/aromatic N) is 3. The number of aryl methyl sites for hydroxylation is 2. The zero-order valence-corrected chi connectivity index (χ0v) is 18.3. The molecule has 0 saturated carbocycles. The molecule has 0 radical (unpaired) electrons. The normalized spacial score (nSPS) is 12.2. The van der Waals surface area contributed by atoms with Gasteiger partial charge in [0.15, 0.2) is 0 Å². The molecule has 2 aromatic carbocycles. The molecule has 1 unspecified atom stereocenters. The van der Waals surface area contributed by atoms with Crippen molar-refractivity contribution in [1.82, 2.24) is 19.4 Å². The molecule has 1 atom stereocenters. The number of rotatable bonds is 6. The van der Waals surface area contributed by atoms with E-state index in [1.54, 1.807) is 18.3 Å². The summed E-state index contributed by atoms with van der Waals surface area (Å²) in [5, 5.41) is 3.00. The number of hydrogen-bond acceptors (Lipinski definition) is 2. The van der Waals surface area contributed by atoms with E-state index in [0.717, 1.165) is 28.2 Å². The van der Waals surface area contributed by atoms with E-state index in [4.69, 9.17) is 0 Å². The molecule has 0 aliphatic carbocycles. The standard InChI is InChI=1S/C26H25FN4O/c1-18-17-21(19(2)31(18)23-7-5-4-6-8-23)11-14-24(32)29-25(26-28-15-16-30(26)3)20-9-12-22(27)13-10-20/h4-17,25H,1-3H3,(H,29,32)/b14-11+. The molecule has 0 bridgehead atoms.